The number of anilines is 1. The van der Waals surface area contributed by atoms with Crippen LogP contribution in [0.1, 0.15) is 10.5 Å². The summed E-state index contributed by atoms with van der Waals surface area (Å²) in [7, 11) is -1.17. The molecule has 0 saturated heterocycles. The summed E-state index contributed by atoms with van der Waals surface area (Å²) in [5.74, 6) is 0.228. The SMILES string of the molecule is C[Si](C)(C)CCOCN1C(=O)COc2ncc(C=O)nc21. The van der Waals surface area contributed by atoms with Gasteiger partial charge in [0, 0.05) is 14.7 Å². The van der Waals surface area contributed by atoms with Gasteiger partial charge in [0.15, 0.2) is 12.9 Å². The largest absolute Gasteiger partial charge is 0.465 e. The summed E-state index contributed by atoms with van der Waals surface area (Å²) in [5.41, 5.74) is 0.152. The van der Waals surface area contributed by atoms with Gasteiger partial charge in [-0.25, -0.2) is 9.97 Å². The van der Waals surface area contributed by atoms with Crippen LogP contribution in [0.5, 0.6) is 5.88 Å². The Morgan fingerprint density at radius 3 is 2.90 bits per heavy atom. The van der Waals surface area contributed by atoms with Crippen LogP contribution in [0.4, 0.5) is 5.82 Å². The van der Waals surface area contributed by atoms with E-state index in [4.69, 9.17) is 9.47 Å². The molecule has 0 N–H and O–H groups in total. The Kier molecular flexibility index (Phi) is 4.68. The lowest BCUT2D eigenvalue weighted by Crippen LogP contribution is -2.41. The van der Waals surface area contributed by atoms with Crippen molar-refractivity contribution in [3.63, 3.8) is 0 Å². The first-order valence-electron chi connectivity index (χ1n) is 6.74. The number of rotatable bonds is 6. The minimum Gasteiger partial charge on any atom is -0.465 e. The van der Waals surface area contributed by atoms with E-state index in [0.29, 0.717) is 12.9 Å². The highest BCUT2D eigenvalue weighted by Gasteiger charge is 2.28. The van der Waals surface area contributed by atoms with Crippen molar-refractivity contribution >= 4 is 26.1 Å². The van der Waals surface area contributed by atoms with Crippen molar-refractivity contribution in [2.45, 2.75) is 25.7 Å². The van der Waals surface area contributed by atoms with Crippen molar-refractivity contribution in [3.8, 4) is 5.88 Å². The van der Waals surface area contributed by atoms with Crippen LogP contribution in [0, 0.1) is 0 Å². The monoisotopic (exact) mass is 309 g/mol. The summed E-state index contributed by atoms with van der Waals surface area (Å²) in [6, 6.07) is 1.01. The third-order valence-corrected chi connectivity index (χ3v) is 4.67. The molecule has 7 nitrogen and oxygen atoms in total. The quantitative estimate of drug-likeness (QED) is 0.448. The van der Waals surface area contributed by atoms with E-state index in [-0.39, 0.29) is 36.6 Å². The lowest BCUT2D eigenvalue weighted by Gasteiger charge is -2.27. The van der Waals surface area contributed by atoms with E-state index in [9.17, 15) is 9.59 Å². The average Bonchev–Trinajstić information content (AvgIpc) is 2.43. The predicted molar refractivity (Wildman–Crippen MR) is 79.4 cm³/mol. The van der Waals surface area contributed by atoms with Crippen LogP contribution in [-0.4, -0.2) is 50.2 Å². The molecule has 1 aliphatic rings. The summed E-state index contributed by atoms with van der Waals surface area (Å²) < 4.78 is 10.8. The molecule has 8 heteroatoms. The second kappa shape index (κ2) is 6.31. The maximum absolute atomic E-state index is 11.9. The maximum atomic E-state index is 11.9. The third-order valence-electron chi connectivity index (χ3n) is 2.97. The Morgan fingerprint density at radius 2 is 2.24 bits per heavy atom. The fraction of sp³-hybridized carbons (Fsp3) is 0.538. The van der Waals surface area contributed by atoms with E-state index in [1.165, 1.54) is 11.1 Å². The zero-order valence-electron chi connectivity index (χ0n) is 12.5. The number of carbonyl (C=O) groups excluding carboxylic acids is 2. The van der Waals surface area contributed by atoms with Gasteiger partial charge < -0.3 is 9.47 Å². The number of ether oxygens (including phenoxy) is 2. The number of nitrogens with zero attached hydrogens (tertiary/aromatic N) is 3. The zero-order valence-corrected chi connectivity index (χ0v) is 13.5. The minimum atomic E-state index is -1.17. The topological polar surface area (TPSA) is 81.6 Å². The first kappa shape index (κ1) is 15.6. The Morgan fingerprint density at radius 1 is 1.48 bits per heavy atom. The third kappa shape index (κ3) is 4.08. The second-order valence-corrected chi connectivity index (χ2v) is 11.6. The summed E-state index contributed by atoms with van der Waals surface area (Å²) in [4.78, 5) is 32.1. The van der Waals surface area contributed by atoms with Crippen molar-refractivity contribution in [2.75, 3.05) is 24.8 Å². The standard InChI is InChI=1S/C13H19N3O4Si/c1-21(2,3)5-4-19-9-16-11(18)8-20-13-12(16)15-10(7-17)6-14-13/h6-7H,4-5,8-9H2,1-3H3. The van der Waals surface area contributed by atoms with Gasteiger partial charge in [-0.1, -0.05) is 19.6 Å². The molecule has 1 aromatic heterocycles. The molecular formula is C13H19N3O4Si. The number of carbonyl (C=O) groups is 2. The number of hydrogen-bond donors (Lipinski definition) is 0. The molecule has 2 rings (SSSR count). The molecule has 0 radical (unpaired) electrons. The predicted octanol–water partition coefficient (Wildman–Crippen LogP) is 1.33. The van der Waals surface area contributed by atoms with Crippen LogP contribution in [0.15, 0.2) is 6.20 Å². The normalized spacial score (nSPS) is 14.6. The molecule has 114 valence electrons. The molecule has 21 heavy (non-hydrogen) atoms. The summed E-state index contributed by atoms with van der Waals surface area (Å²) in [5, 5.41) is 0. The van der Waals surface area contributed by atoms with Gasteiger partial charge in [0.1, 0.15) is 12.4 Å². The summed E-state index contributed by atoms with van der Waals surface area (Å²) >= 11 is 0. The van der Waals surface area contributed by atoms with E-state index >= 15 is 0 Å². The average molecular weight is 309 g/mol. The lowest BCUT2D eigenvalue weighted by molar-refractivity contribution is -0.122. The van der Waals surface area contributed by atoms with Gasteiger partial charge in [-0.2, -0.15) is 0 Å². The van der Waals surface area contributed by atoms with Crippen molar-refractivity contribution in [1.29, 1.82) is 0 Å². The van der Waals surface area contributed by atoms with Gasteiger partial charge >= 0.3 is 0 Å². The van der Waals surface area contributed by atoms with Crippen LogP contribution < -0.4 is 9.64 Å². The van der Waals surface area contributed by atoms with Crippen LogP contribution in [0.25, 0.3) is 0 Å². The van der Waals surface area contributed by atoms with Crippen LogP contribution >= 0.6 is 0 Å². The van der Waals surface area contributed by atoms with E-state index in [0.717, 1.165) is 6.04 Å². The second-order valence-electron chi connectivity index (χ2n) is 6.00. The smallest absolute Gasteiger partial charge is 0.268 e. The molecule has 1 aliphatic heterocycles. The number of amides is 1. The Bertz CT molecular complexity index is 545. The molecule has 0 spiro atoms. The number of hydrogen-bond acceptors (Lipinski definition) is 6. The maximum Gasteiger partial charge on any atom is 0.268 e. The summed E-state index contributed by atoms with van der Waals surface area (Å²) in [6.07, 6.45) is 1.89. The number of fused-ring (bicyclic) bond motifs is 1. The molecule has 2 heterocycles. The fourth-order valence-electron chi connectivity index (χ4n) is 1.71. The first-order valence-corrected chi connectivity index (χ1v) is 10.4. The van der Waals surface area contributed by atoms with Gasteiger partial charge in [-0.05, 0) is 6.04 Å². The van der Waals surface area contributed by atoms with E-state index in [1.54, 1.807) is 0 Å². The zero-order chi connectivity index (χ0) is 15.5. The van der Waals surface area contributed by atoms with E-state index in [1.807, 2.05) is 0 Å². The Labute approximate surface area is 124 Å². The first-order chi connectivity index (χ1) is 9.90. The van der Waals surface area contributed by atoms with Crippen molar-refractivity contribution in [3.05, 3.63) is 11.9 Å². The van der Waals surface area contributed by atoms with Gasteiger partial charge in [-0.3, -0.25) is 14.5 Å². The van der Waals surface area contributed by atoms with Crippen LogP contribution in [0.2, 0.25) is 25.7 Å². The Balaban J connectivity index is 2.05. The molecule has 0 unspecified atom stereocenters. The highest BCUT2D eigenvalue weighted by molar-refractivity contribution is 6.76. The summed E-state index contributed by atoms with van der Waals surface area (Å²) in [6.45, 7) is 7.36. The van der Waals surface area contributed by atoms with Gasteiger partial charge in [0.25, 0.3) is 11.8 Å². The van der Waals surface area contributed by atoms with Crippen LogP contribution in [-0.2, 0) is 9.53 Å². The number of aromatic nitrogens is 2. The lowest BCUT2D eigenvalue weighted by atomic mass is 10.4. The Hall–Kier alpha value is -1.80. The fourth-order valence-corrected chi connectivity index (χ4v) is 2.47. The molecule has 1 amide bonds. The van der Waals surface area contributed by atoms with Gasteiger partial charge in [0.05, 0.1) is 6.20 Å². The molecular weight excluding hydrogens is 290 g/mol. The van der Waals surface area contributed by atoms with Crippen LogP contribution in [0.3, 0.4) is 0 Å². The minimum absolute atomic E-state index is 0.0939. The molecule has 1 aromatic rings. The molecule has 0 fully saturated rings. The van der Waals surface area contributed by atoms with Crippen molar-refractivity contribution in [2.24, 2.45) is 0 Å². The van der Waals surface area contributed by atoms with E-state index in [2.05, 4.69) is 29.6 Å². The van der Waals surface area contributed by atoms with Gasteiger partial charge in [-0.15, -0.1) is 0 Å². The van der Waals surface area contributed by atoms with Crippen molar-refractivity contribution < 1.29 is 19.1 Å². The molecule has 0 aromatic carbocycles. The van der Waals surface area contributed by atoms with Crippen molar-refractivity contribution in [1.82, 2.24) is 9.97 Å². The van der Waals surface area contributed by atoms with Gasteiger partial charge in [0.2, 0.25) is 5.82 Å². The van der Waals surface area contributed by atoms with E-state index < -0.39 is 8.07 Å². The highest BCUT2D eigenvalue weighted by atomic mass is 28.3. The molecule has 0 bridgehead atoms. The molecule has 0 aliphatic carbocycles. The number of aldehydes is 1. The molecule has 0 saturated carbocycles. The highest BCUT2D eigenvalue weighted by Crippen LogP contribution is 2.27. The molecule has 0 atom stereocenters.